The number of quaternary nitrogens is 1. The Bertz CT molecular complexity index is 904. The second-order valence-electron chi connectivity index (χ2n) is 7.74. The number of hydrogen-bond donors (Lipinski definition) is 1. The zero-order valence-corrected chi connectivity index (χ0v) is 17.0. The molecule has 28 heavy (non-hydrogen) atoms. The van der Waals surface area contributed by atoms with Crippen LogP contribution in [0.4, 0.5) is 11.4 Å². The molecule has 2 aliphatic rings. The highest BCUT2D eigenvalue weighted by atomic mass is 35.5. The molecule has 4 rings (SSSR count). The Morgan fingerprint density at radius 3 is 2.32 bits per heavy atom. The fraction of sp³-hybridized carbons (Fsp3) is 0.364. The summed E-state index contributed by atoms with van der Waals surface area (Å²) in [6.45, 7) is 7.36. The number of nitrogens with one attached hydrogen (secondary N) is 1. The maximum Gasteiger partial charge on any atom is 0.292 e. The predicted molar refractivity (Wildman–Crippen MR) is 111 cm³/mol. The maximum atomic E-state index is 13.1. The lowest BCUT2D eigenvalue weighted by atomic mass is 10.1. The van der Waals surface area contributed by atoms with Crippen LogP contribution in [0.1, 0.15) is 17.5 Å². The van der Waals surface area contributed by atoms with Crippen LogP contribution in [0.3, 0.4) is 0 Å². The first kappa shape index (κ1) is 19.0. The van der Waals surface area contributed by atoms with Gasteiger partial charge in [0.2, 0.25) is 5.91 Å². The molecule has 1 N–H and O–H groups in total. The molecule has 2 aromatic rings. The Kier molecular flexibility index (Phi) is 5.13. The highest BCUT2D eigenvalue weighted by Gasteiger charge is 2.46. The number of imide groups is 1. The summed E-state index contributed by atoms with van der Waals surface area (Å²) in [4.78, 5) is 30.7. The van der Waals surface area contributed by atoms with Crippen molar-refractivity contribution in [3.8, 4) is 0 Å². The van der Waals surface area contributed by atoms with Gasteiger partial charge >= 0.3 is 0 Å². The van der Waals surface area contributed by atoms with Crippen LogP contribution in [-0.2, 0) is 9.59 Å². The van der Waals surface area contributed by atoms with E-state index in [1.807, 2.05) is 56.3 Å². The second kappa shape index (κ2) is 7.57. The number of nitrogens with zero attached hydrogens (tertiary/aromatic N) is 2. The molecule has 0 aliphatic carbocycles. The van der Waals surface area contributed by atoms with Gasteiger partial charge in [0.15, 0.2) is 6.04 Å². The smallest absolute Gasteiger partial charge is 0.292 e. The molecule has 0 aromatic heterocycles. The molecule has 0 radical (unpaired) electrons. The number of rotatable bonds is 3. The average Bonchev–Trinajstić information content (AvgIpc) is 2.97. The number of piperazine rings is 1. The summed E-state index contributed by atoms with van der Waals surface area (Å²) in [6, 6.07) is 13.4. The maximum absolute atomic E-state index is 13.1. The summed E-state index contributed by atoms with van der Waals surface area (Å²) >= 11 is 5.98. The van der Waals surface area contributed by atoms with E-state index in [2.05, 4.69) is 4.90 Å². The first-order valence-corrected chi connectivity index (χ1v) is 10.1. The molecule has 2 aromatic carbocycles. The predicted octanol–water partition coefficient (Wildman–Crippen LogP) is 1.99. The average molecular weight is 399 g/mol. The molecule has 0 bridgehead atoms. The van der Waals surface area contributed by atoms with E-state index in [1.54, 1.807) is 0 Å². The summed E-state index contributed by atoms with van der Waals surface area (Å²) in [5.41, 5.74) is 3.96. The van der Waals surface area contributed by atoms with Crippen molar-refractivity contribution in [2.24, 2.45) is 0 Å². The van der Waals surface area contributed by atoms with Crippen LogP contribution in [-0.4, -0.2) is 44.0 Å². The molecule has 2 saturated heterocycles. The number of aryl methyl sites for hydroxylation is 2. The van der Waals surface area contributed by atoms with Gasteiger partial charge in [-0.1, -0.05) is 29.3 Å². The normalized spacial score (nSPS) is 20.9. The molecule has 2 fully saturated rings. The molecular formula is C22H25ClN3O2+. The van der Waals surface area contributed by atoms with Crippen LogP contribution >= 0.6 is 11.6 Å². The van der Waals surface area contributed by atoms with E-state index in [1.165, 1.54) is 9.80 Å². The Morgan fingerprint density at radius 1 is 1.00 bits per heavy atom. The van der Waals surface area contributed by atoms with Crippen LogP contribution in [0.15, 0.2) is 42.5 Å². The first-order valence-electron chi connectivity index (χ1n) is 9.73. The fourth-order valence-electron chi connectivity index (χ4n) is 4.31. The van der Waals surface area contributed by atoms with Gasteiger partial charge in [-0.25, -0.2) is 4.90 Å². The number of benzene rings is 2. The van der Waals surface area contributed by atoms with Crippen LogP contribution in [0.2, 0.25) is 5.02 Å². The third-order valence-electron chi connectivity index (χ3n) is 5.83. The van der Waals surface area contributed by atoms with Crippen LogP contribution in [0.5, 0.6) is 0 Å². The van der Waals surface area contributed by atoms with Crippen molar-refractivity contribution in [2.75, 3.05) is 36.0 Å². The fourth-order valence-corrected chi connectivity index (χ4v) is 4.44. The van der Waals surface area contributed by atoms with Crippen molar-refractivity contribution in [3.05, 3.63) is 58.6 Å². The lowest BCUT2D eigenvalue weighted by Crippen LogP contribution is -3.19. The van der Waals surface area contributed by atoms with Crippen molar-refractivity contribution < 1.29 is 14.5 Å². The standard InChI is InChI=1S/C22H24ClN3O2/c1-15-3-8-19(16(2)13-15)26-21(27)14-20(22(26)28)25-11-9-24(10-12-25)18-6-4-17(23)5-7-18/h3-8,13,20H,9-12,14H2,1-2H3/p+1/t20-/m0/s1. The molecule has 6 heteroatoms. The van der Waals surface area contributed by atoms with Gasteiger partial charge in [-0.15, -0.1) is 0 Å². The van der Waals surface area contributed by atoms with Crippen molar-refractivity contribution >= 4 is 34.8 Å². The van der Waals surface area contributed by atoms with Crippen LogP contribution < -0.4 is 14.7 Å². The molecule has 2 amide bonds. The number of amides is 2. The largest absolute Gasteiger partial charge is 0.360 e. The highest BCUT2D eigenvalue weighted by Crippen LogP contribution is 2.26. The van der Waals surface area contributed by atoms with E-state index in [9.17, 15) is 9.59 Å². The summed E-state index contributed by atoms with van der Waals surface area (Å²) in [5.74, 6) is -0.151. The molecule has 146 valence electrons. The van der Waals surface area contributed by atoms with Gasteiger partial charge in [0, 0.05) is 10.7 Å². The van der Waals surface area contributed by atoms with E-state index in [-0.39, 0.29) is 17.9 Å². The van der Waals surface area contributed by atoms with Gasteiger partial charge in [-0.3, -0.25) is 9.59 Å². The molecular weight excluding hydrogens is 374 g/mol. The summed E-state index contributed by atoms with van der Waals surface area (Å²) in [7, 11) is 0. The summed E-state index contributed by atoms with van der Waals surface area (Å²) in [6.07, 6.45) is 0.294. The summed E-state index contributed by atoms with van der Waals surface area (Å²) in [5, 5.41) is 0.731. The number of hydrogen-bond acceptors (Lipinski definition) is 3. The monoisotopic (exact) mass is 398 g/mol. The molecule has 2 aliphatic heterocycles. The van der Waals surface area contributed by atoms with Crippen LogP contribution in [0, 0.1) is 13.8 Å². The first-order chi connectivity index (χ1) is 13.4. The zero-order valence-electron chi connectivity index (χ0n) is 16.2. The Balaban J connectivity index is 1.45. The van der Waals surface area contributed by atoms with Crippen molar-refractivity contribution in [2.45, 2.75) is 26.3 Å². The van der Waals surface area contributed by atoms with Gasteiger partial charge in [0.1, 0.15) is 0 Å². The van der Waals surface area contributed by atoms with E-state index in [0.717, 1.165) is 53.7 Å². The minimum atomic E-state index is -0.277. The highest BCUT2D eigenvalue weighted by molar-refractivity contribution is 6.30. The summed E-state index contributed by atoms with van der Waals surface area (Å²) < 4.78 is 0. The van der Waals surface area contributed by atoms with E-state index in [0.29, 0.717) is 6.42 Å². The number of anilines is 2. The minimum Gasteiger partial charge on any atom is -0.360 e. The Labute approximate surface area is 170 Å². The van der Waals surface area contributed by atoms with Gasteiger partial charge < -0.3 is 9.80 Å². The van der Waals surface area contributed by atoms with Crippen molar-refractivity contribution in [1.82, 2.24) is 0 Å². The zero-order chi connectivity index (χ0) is 19.8. The topological polar surface area (TPSA) is 45.1 Å². The van der Waals surface area contributed by atoms with E-state index < -0.39 is 0 Å². The lowest BCUT2D eigenvalue weighted by molar-refractivity contribution is -0.915. The van der Waals surface area contributed by atoms with Crippen LogP contribution in [0.25, 0.3) is 0 Å². The van der Waals surface area contributed by atoms with Gasteiger partial charge in [-0.2, -0.15) is 0 Å². The van der Waals surface area contributed by atoms with Gasteiger partial charge in [0.05, 0.1) is 38.3 Å². The molecule has 1 atom stereocenters. The third-order valence-corrected chi connectivity index (χ3v) is 6.08. The molecule has 5 nitrogen and oxygen atoms in total. The molecule has 0 unspecified atom stereocenters. The molecule has 0 saturated carbocycles. The quantitative estimate of drug-likeness (QED) is 0.804. The number of carbonyl (C=O) groups is 2. The number of halogens is 1. The third kappa shape index (κ3) is 3.52. The SMILES string of the molecule is Cc1ccc(N2C(=O)C[C@H]([NH+]3CCN(c4ccc(Cl)cc4)CC3)C2=O)c(C)c1. The Hall–Kier alpha value is -2.37. The minimum absolute atomic E-state index is 0.0631. The molecule has 2 heterocycles. The van der Waals surface area contributed by atoms with E-state index >= 15 is 0 Å². The van der Waals surface area contributed by atoms with Crippen molar-refractivity contribution in [1.29, 1.82) is 0 Å². The van der Waals surface area contributed by atoms with E-state index in [4.69, 9.17) is 11.6 Å². The second-order valence-corrected chi connectivity index (χ2v) is 8.17. The van der Waals surface area contributed by atoms with Crippen molar-refractivity contribution in [3.63, 3.8) is 0 Å². The molecule has 0 spiro atoms. The number of carbonyl (C=O) groups excluding carboxylic acids is 2. The lowest BCUT2D eigenvalue weighted by Gasteiger charge is -2.35. The van der Waals surface area contributed by atoms with Gasteiger partial charge in [-0.05, 0) is 49.7 Å². The van der Waals surface area contributed by atoms with Gasteiger partial charge in [0.25, 0.3) is 5.91 Å². The Morgan fingerprint density at radius 2 is 1.68 bits per heavy atom.